The molecule has 0 atom stereocenters. The van der Waals surface area contributed by atoms with Crippen LogP contribution in [-0.4, -0.2) is 37.1 Å². The zero-order chi connectivity index (χ0) is 21.3. The summed E-state index contributed by atoms with van der Waals surface area (Å²) in [5.41, 5.74) is 1.19. The summed E-state index contributed by atoms with van der Waals surface area (Å²) in [7, 11) is -2.54. The van der Waals surface area contributed by atoms with E-state index in [2.05, 4.69) is 4.98 Å². The maximum Gasteiger partial charge on any atom is 0.344 e. The van der Waals surface area contributed by atoms with Crippen LogP contribution in [0.2, 0.25) is 0 Å². The van der Waals surface area contributed by atoms with Crippen molar-refractivity contribution >= 4 is 39.3 Å². The highest BCUT2D eigenvalue weighted by atomic mass is 32.2. The molecule has 154 valence electrons. The van der Waals surface area contributed by atoms with Crippen molar-refractivity contribution in [2.75, 3.05) is 18.3 Å². The first-order valence-electron chi connectivity index (χ1n) is 9.04. The van der Waals surface area contributed by atoms with E-state index in [1.807, 2.05) is 24.5 Å². The molecule has 1 aliphatic rings. The highest BCUT2D eigenvalue weighted by Gasteiger charge is 2.43. The lowest BCUT2D eigenvalue weighted by Gasteiger charge is -2.35. The number of ether oxygens (including phenoxy) is 1. The fraction of sp³-hybridized carbons (Fsp3) is 0.143. The van der Waals surface area contributed by atoms with Gasteiger partial charge in [0.05, 0.1) is 19.3 Å². The van der Waals surface area contributed by atoms with Crippen LogP contribution in [0.15, 0.2) is 76.7 Å². The fourth-order valence-corrected chi connectivity index (χ4v) is 5.17. The van der Waals surface area contributed by atoms with Gasteiger partial charge in [0.15, 0.2) is 5.82 Å². The molecule has 1 aliphatic heterocycles. The molecule has 2 amide bonds. The van der Waals surface area contributed by atoms with E-state index in [0.29, 0.717) is 17.0 Å². The molecule has 0 spiro atoms. The van der Waals surface area contributed by atoms with Crippen LogP contribution in [0.3, 0.4) is 0 Å². The van der Waals surface area contributed by atoms with Gasteiger partial charge in [0.2, 0.25) is 0 Å². The molecule has 2 aromatic carbocycles. The van der Waals surface area contributed by atoms with Crippen LogP contribution in [0.25, 0.3) is 0 Å². The van der Waals surface area contributed by atoms with E-state index < -0.39 is 16.1 Å². The number of amides is 2. The van der Waals surface area contributed by atoms with Gasteiger partial charge in [-0.15, -0.1) is 11.8 Å². The van der Waals surface area contributed by atoms with E-state index in [1.165, 1.54) is 36.0 Å². The molecular weight excluding hydrogens is 422 g/mol. The summed E-state index contributed by atoms with van der Waals surface area (Å²) < 4.78 is 32.6. The lowest BCUT2D eigenvalue weighted by Crippen LogP contribution is -2.48. The number of methoxy groups -OCH3 is 1. The van der Waals surface area contributed by atoms with Crippen molar-refractivity contribution in [3.05, 3.63) is 72.4 Å². The van der Waals surface area contributed by atoms with Crippen molar-refractivity contribution in [1.29, 1.82) is 0 Å². The zero-order valence-corrected chi connectivity index (χ0v) is 18.0. The highest BCUT2D eigenvalue weighted by molar-refractivity contribution is 7.98. The average molecular weight is 442 g/mol. The Morgan fingerprint density at radius 3 is 2.63 bits per heavy atom. The minimum absolute atomic E-state index is 0.0120. The number of fused-ring (bicyclic) bond motifs is 1. The zero-order valence-electron chi connectivity index (χ0n) is 16.3. The molecule has 4 rings (SSSR count). The number of carbonyl (C=O) groups excluding carboxylic acids is 1. The first-order chi connectivity index (χ1) is 14.5. The van der Waals surface area contributed by atoms with Crippen LogP contribution >= 0.6 is 11.8 Å². The van der Waals surface area contributed by atoms with E-state index in [0.717, 1.165) is 9.20 Å². The van der Waals surface area contributed by atoms with Crippen LogP contribution in [0.1, 0.15) is 5.56 Å². The van der Waals surface area contributed by atoms with Crippen molar-refractivity contribution in [2.24, 2.45) is 0 Å². The van der Waals surface area contributed by atoms with E-state index in [1.54, 1.807) is 36.4 Å². The number of benzene rings is 2. The summed E-state index contributed by atoms with van der Waals surface area (Å²) in [5.74, 6) is 0.684. The summed E-state index contributed by atoms with van der Waals surface area (Å²) in [6.45, 7) is -0.120. The molecule has 9 heteroatoms. The lowest BCUT2D eigenvalue weighted by atomic mass is 10.2. The summed E-state index contributed by atoms with van der Waals surface area (Å²) >= 11 is 1.53. The molecule has 0 N–H and O–H groups in total. The monoisotopic (exact) mass is 441 g/mol. The second-order valence-electron chi connectivity index (χ2n) is 6.51. The van der Waals surface area contributed by atoms with Gasteiger partial charge in [0.25, 0.3) is 10.0 Å². The van der Waals surface area contributed by atoms with Crippen LogP contribution in [0.4, 0.5) is 16.3 Å². The van der Waals surface area contributed by atoms with Crippen molar-refractivity contribution in [2.45, 2.75) is 16.3 Å². The molecule has 2 heterocycles. The summed E-state index contributed by atoms with van der Waals surface area (Å²) in [6.07, 6.45) is 3.41. The molecule has 30 heavy (non-hydrogen) atoms. The molecule has 0 unspecified atom stereocenters. The van der Waals surface area contributed by atoms with Crippen LogP contribution in [-0.2, 0) is 16.6 Å². The van der Waals surface area contributed by atoms with E-state index >= 15 is 0 Å². The molecule has 0 aliphatic carbocycles. The van der Waals surface area contributed by atoms with Crippen LogP contribution in [0, 0.1) is 0 Å². The Bertz CT molecular complexity index is 1210. The number of carbonyl (C=O) groups is 1. The van der Waals surface area contributed by atoms with Gasteiger partial charge in [-0.2, -0.15) is 0 Å². The Morgan fingerprint density at radius 2 is 1.87 bits per heavy atom. The number of anilines is 2. The van der Waals surface area contributed by atoms with Gasteiger partial charge in [-0.1, -0.05) is 18.2 Å². The Balaban J connectivity index is 1.84. The van der Waals surface area contributed by atoms with Gasteiger partial charge in [-0.25, -0.2) is 27.4 Å². The largest absolute Gasteiger partial charge is 0.497 e. The number of hydrogen-bond acceptors (Lipinski definition) is 6. The Labute approximate surface area is 179 Å². The number of thioether (sulfide) groups is 1. The number of urea groups is 1. The third kappa shape index (κ3) is 3.50. The molecular formula is C21H19N3O4S2. The minimum atomic E-state index is -4.07. The summed E-state index contributed by atoms with van der Waals surface area (Å²) in [4.78, 5) is 20.0. The van der Waals surface area contributed by atoms with E-state index in [9.17, 15) is 13.2 Å². The third-order valence-corrected chi connectivity index (χ3v) is 7.17. The summed E-state index contributed by atoms with van der Waals surface area (Å²) in [6, 6.07) is 16.7. The van der Waals surface area contributed by atoms with Crippen LogP contribution in [0.5, 0.6) is 5.75 Å². The van der Waals surface area contributed by atoms with Gasteiger partial charge in [-0.05, 0) is 54.3 Å². The molecule has 0 fully saturated rings. The number of aromatic nitrogens is 1. The van der Waals surface area contributed by atoms with Gasteiger partial charge in [0.1, 0.15) is 10.6 Å². The molecule has 7 nitrogen and oxygen atoms in total. The first kappa shape index (κ1) is 20.2. The standard InChI is InChI=1S/C21H19N3O4S2/c1-28-17-8-3-6-15(12-17)14-23-21(25)24(16-7-4-9-18(13-16)29-2)20-19(30(23,26)27)10-5-11-22-20/h3-13H,14H2,1-2H3. The number of pyridine rings is 1. The molecule has 0 radical (unpaired) electrons. The topological polar surface area (TPSA) is 79.8 Å². The third-order valence-electron chi connectivity index (χ3n) is 4.71. The number of hydrogen-bond donors (Lipinski definition) is 0. The fourth-order valence-electron chi connectivity index (χ4n) is 3.25. The highest BCUT2D eigenvalue weighted by Crippen LogP contribution is 2.39. The molecule has 0 saturated heterocycles. The quantitative estimate of drug-likeness (QED) is 0.550. The number of nitrogens with zero attached hydrogens (tertiary/aromatic N) is 3. The predicted molar refractivity (Wildman–Crippen MR) is 116 cm³/mol. The van der Waals surface area contributed by atoms with Crippen LogP contribution < -0.4 is 9.64 Å². The van der Waals surface area contributed by atoms with Gasteiger partial charge >= 0.3 is 6.03 Å². The van der Waals surface area contributed by atoms with Crippen molar-refractivity contribution < 1.29 is 17.9 Å². The Kier molecular flexibility index (Phi) is 5.40. The van der Waals surface area contributed by atoms with Gasteiger partial charge in [-0.3, -0.25) is 0 Å². The van der Waals surface area contributed by atoms with Crippen molar-refractivity contribution in [1.82, 2.24) is 9.29 Å². The molecule has 0 bridgehead atoms. The second-order valence-corrected chi connectivity index (χ2v) is 9.22. The normalized spacial score (nSPS) is 15.1. The number of rotatable bonds is 5. The lowest BCUT2D eigenvalue weighted by molar-refractivity contribution is 0.229. The van der Waals surface area contributed by atoms with E-state index in [-0.39, 0.29) is 17.3 Å². The SMILES string of the molecule is COc1cccc(CN2C(=O)N(c3cccc(SC)c3)c3ncccc3S2(=O)=O)c1. The number of sulfonamides is 1. The maximum absolute atomic E-state index is 13.5. The van der Waals surface area contributed by atoms with Gasteiger partial charge < -0.3 is 4.74 Å². The Morgan fingerprint density at radius 1 is 1.07 bits per heavy atom. The van der Waals surface area contributed by atoms with Crippen molar-refractivity contribution in [3.63, 3.8) is 0 Å². The minimum Gasteiger partial charge on any atom is -0.497 e. The smallest absolute Gasteiger partial charge is 0.344 e. The molecule has 0 saturated carbocycles. The van der Waals surface area contributed by atoms with Gasteiger partial charge in [0, 0.05) is 11.1 Å². The first-order valence-corrected chi connectivity index (χ1v) is 11.7. The average Bonchev–Trinajstić information content (AvgIpc) is 2.77. The molecule has 1 aromatic heterocycles. The second kappa shape index (κ2) is 8.00. The van der Waals surface area contributed by atoms with Crippen molar-refractivity contribution in [3.8, 4) is 5.75 Å². The molecule has 3 aromatic rings. The Hall–Kier alpha value is -3.04. The van der Waals surface area contributed by atoms with E-state index in [4.69, 9.17) is 4.74 Å². The maximum atomic E-state index is 13.5. The predicted octanol–water partition coefficient (Wildman–Crippen LogP) is 4.27. The summed E-state index contributed by atoms with van der Waals surface area (Å²) in [5, 5.41) is 0.